The van der Waals surface area contributed by atoms with E-state index >= 15 is 0 Å². The zero-order chi connectivity index (χ0) is 22.3. The second kappa shape index (κ2) is 10.2. The summed E-state index contributed by atoms with van der Waals surface area (Å²) in [5, 5.41) is 2.15. The molecule has 0 heterocycles. The van der Waals surface area contributed by atoms with Crippen LogP contribution in [-0.4, -0.2) is 44.8 Å². The number of hydrogen-bond acceptors (Lipinski definition) is 3. The van der Waals surface area contributed by atoms with E-state index in [-0.39, 0.29) is 5.75 Å². The highest BCUT2D eigenvalue weighted by atomic mass is 32.2. The van der Waals surface area contributed by atoms with Gasteiger partial charge in [0.25, 0.3) is 0 Å². The van der Waals surface area contributed by atoms with Gasteiger partial charge in [-0.3, -0.25) is 4.72 Å². The fourth-order valence-corrected chi connectivity index (χ4v) is 5.07. The Balaban J connectivity index is 1.61. The van der Waals surface area contributed by atoms with Crippen molar-refractivity contribution in [1.29, 1.82) is 0 Å². The molecule has 0 radical (unpaired) electrons. The summed E-state index contributed by atoms with van der Waals surface area (Å²) in [6, 6.07) is 21.0. The maximum atomic E-state index is 12.5. The highest BCUT2D eigenvalue weighted by Crippen LogP contribution is 2.30. The normalized spacial score (nSPS) is 12.1. The third-order valence-corrected chi connectivity index (χ3v) is 7.54. The molecule has 3 aromatic rings. The summed E-state index contributed by atoms with van der Waals surface area (Å²) in [7, 11) is -3.38. The Labute approximate surface area is 186 Å². The van der Waals surface area contributed by atoms with Crippen LogP contribution in [0.25, 0.3) is 10.8 Å². The number of sulfonamides is 1. The van der Waals surface area contributed by atoms with E-state index in [0.29, 0.717) is 17.9 Å². The first-order valence-electron chi connectivity index (χ1n) is 11.0. The molecule has 31 heavy (non-hydrogen) atoms. The lowest BCUT2D eigenvalue weighted by Gasteiger charge is -2.35. The molecule has 0 aliphatic carbocycles. The van der Waals surface area contributed by atoms with Crippen molar-refractivity contribution in [2.24, 2.45) is 0 Å². The van der Waals surface area contributed by atoms with Crippen molar-refractivity contribution >= 4 is 26.5 Å². The molecule has 0 fully saturated rings. The molecule has 0 atom stereocenters. The fourth-order valence-electron chi connectivity index (χ4n) is 3.97. The predicted molar refractivity (Wildman–Crippen MR) is 129 cm³/mol. The van der Waals surface area contributed by atoms with Gasteiger partial charge in [0.2, 0.25) is 10.0 Å². The zero-order valence-corrected chi connectivity index (χ0v) is 19.5. The molecule has 166 valence electrons. The Bertz CT molecular complexity index is 1080. The monoisotopic (exact) mass is 441 g/mol. The number of nitrogens with one attached hydrogen (secondary N) is 1. The first-order chi connectivity index (χ1) is 14.9. The lowest BCUT2D eigenvalue weighted by atomic mass is 10.1. The number of quaternary nitrogens is 1. The standard InChI is InChI=1S/C25H33N2O3S/c1-4-27(5-2,6-3)19-10-20-31(28,29)26-22-15-17-23(18-16-22)30-25-14-9-12-21-11-7-8-13-24(21)25/h7-9,11-18,26H,4-6,10,19-20H2,1-3H3/q+1. The third-order valence-electron chi connectivity index (χ3n) is 6.16. The van der Waals surface area contributed by atoms with Gasteiger partial charge >= 0.3 is 0 Å². The van der Waals surface area contributed by atoms with Crippen molar-refractivity contribution in [3.05, 3.63) is 66.7 Å². The molecule has 3 aromatic carbocycles. The van der Waals surface area contributed by atoms with E-state index in [2.05, 4.69) is 25.5 Å². The minimum Gasteiger partial charge on any atom is -0.457 e. The first-order valence-corrected chi connectivity index (χ1v) is 12.7. The van der Waals surface area contributed by atoms with E-state index in [0.717, 1.165) is 47.2 Å². The van der Waals surface area contributed by atoms with Crippen molar-refractivity contribution in [3.63, 3.8) is 0 Å². The van der Waals surface area contributed by atoms with Gasteiger partial charge in [0, 0.05) is 17.5 Å². The molecular weight excluding hydrogens is 408 g/mol. The Hall–Kier alpha value is -2.57. The number of benzene rings is 3. The Morgan fingerprint density at radius 3 is 2.16 bits per heavy atom. The lowest BCUT2D eigenvalue weighted by Crippen LogP contribution is -2.48. The van der Waals surface area contributed by atoms with E-state index in [1.165, 1.54) is 0 Å². The quantitative estimate of drug-likeness (QED) is 0.392. The zero-order valence-electron chi connectivity index (χ0n) is 18.7. The lowest BCUT2D eigenvalue weighted by molar-refractivity contribution is -0.923. The van der Waals surface area contributed by atoms with Crippen LogP contribution in [0, 0.1) is 0 Å². The van der Waals surface area contributed by atoms with Crippen molar-refractivity contribution in [2.75, 3.05) is 36.7 Å². The van der Waals surface area contributed by atoms with Crippen LogP contribution >= 0.6 is 0 Å². The number of rotatable bonds is 11. The molecule has 0 amide bonds. The molecular formula is C25H33N2O3S+. The summed E-state index contributed by atoms with van der Waals surface area (Å²) >= 11 is 0. The molecule has 0 saturated heterocycles. The van der Waals surface area contributed by atoms with Gasteiger partial charge in [0.05, 0.1) is 31.9 Å². The third kappa shape index (κ3) is 5.99. The molecule has 0 bridgehead atoms. The van der Waals surface area contributed by atoms with Gasteiger partial charge < -0.3 is 9.22 Å². The van der Waals surface area contributed by atoms with Gasteiger partial charge in [0.15, 0.2) is 0 Å². The van der Waals surface area contributed by atoms with E-state index in [1.807, 2.05) is 42.5 Å². The number of ether oxygens (including phenoxy) is 1. The van der Waals surface area contributed by atoms with Crippen LogP contribution in [0.5, 0.6) is 11.5 Å². The molecule has 1 N–H and O–H groups in total. The summed E-state index contributed by atoms with van der Waals surface area (Å²) in [5.41, 5.74) is 0.549. The van der Waals surface area contributed by atoms with Crippen LogP contribution in [-0.2, 0) is 10.0 Å². The molecule has 0 aliphatic rings. The second-order valence-electron chi connectivity index (χ2n) is 7.89. The molecule has 3 rings (SSSR count). The Morgan fingerprint density at radius 2 is 1.48 bits per heavy atom. The number of nitrogens with zero attached hydrogens (tertiary/aromatic N) is 1. The summed E-state index contributed by atoms with van der Waals surface area (Å²) in [6.07, 6.45) is 0.646. The average molecular weight is 442 g/mol. The second-order valence-corrected chi connectivity index (χ2v) is 9.73. The van der Waals surface area contributed by atoms with Crippen LogP contribution in [0.3, 0.4) is 0 Å². The van der Waals surface area contributed by atoms with Gasteiger partial charge in [-0.15, -0.1) is 0 Å². The first kappa shape index (κ1) is 23.1. The molecule has 0 spiro atoms. The van der Waals surface area contributed by atoms with Crippen molar-refractivity contribution in [3.8, 4) is 11.5 Å². The molecule has 0 aromatic heterocycles. The summed E-state index contributed by atoms with van der Waals surface area (Å²) in [5.74, 6) is 1.56. The molecule has 0 unspecified atom stereocenters. The van der Waals surface area contributed by atoms with Crippen molar-refractivity contribution in [2.45, 2.75) is 27.2 Å². The summed E-state index contributed by atoms with van der Waals surface area (Å²) < 4.78 is 34.7. The fraction of sp³-hybridized carbons (Fsp3) is 0.360. The van der Waals surface area contributed by atoms with Crippen molar-refractivity contribution < 1.29 is 17.6 Å². The maximum Gasteiger partial charge on any atom is 0.232 e. The van der Waals surface area contributed by atoms with Crippen LogP contribution in [0.15, 0.2) is 66.7 Å². The van der Waals surface area contributed by atoms with Gasteiger partial charge in [-0.25, -0.2) is 8.42 Å². The molecule has 6 heteroatoms. The van der Waals surface area contributed by atoms with Crippen LogP contribution in [0.2, 0.25) is 0 Å². The van der Waals surface area contributed by atoms with Crippen LogP contribution in [0.4, 0.5) is 5.69 Å². The smallest absolute Gasteiger partial charge is 0.232 e. The van der Waals surface area contributed by atoms with Crippen LogP contribution in [0.1, 0.15) is 27.2 Å². The minimum atomic E-state index is -3.38. The summed E-state index contributed by atoms with van der Waals surface area (Å²) in [4.78, 5) is 0. The van der Waals surface area contributed by atoms with Gasteiger partial charge in [-0.1, -0.05) is 36.4 Å². The van der Waals surface area contributed by atoms with E-state index < -0.39 is 10.0 Å². The average Bonchev–Trinajstić information content (AvgIpc) is 2.78. The number of fused-ring (bicyclic) bond motifs is 1. The summed E-state index contributed by atoms with van der Waals surface area (Å²) in [6.45, 7) is 10.5. The Morgan fingerprint density at radius 1 is 0.839 bits per heavy atom. The number of hydrogen-bond donors (Lipinski definition) is 1. The van der Waals surface area contributed by atoms with E-state index in [4.69, 9.17) is 4.74 Å². The minimum absolute atomic E-state index is 0.126. The SMILES string of the molecule is CC[N+](CC)(CC)CCCS(=O)(=O)Nc1ccc(Oc2cccc3ccccc23)cc1. The molecule has 5 nitrogen and oxygen atoms in total. The van der Waals surface area contributed by atoms with Crippen molar-refractivity contribution in [1.82, 2.24) is 0 Å². The van der Waals surface area contributed by atoms with E-state index in [1.54, 1.807) is 24.3 Å². The topological polar surface area (TPSA) is 55.4 Å². The van der Waals surface area contributed by atoms with Gasteiger partial charge in [0.1, 0.15) is 11.5 Å². The molecule has 0 aliphatic heterocycles. The number of anilines is 1. The van der Waals surface area contributed by atoms with E-state index in [9.17, 15) is 8.42 Å². The van der Waals surface area contributed by atoms with Crippen LogP contribution < -0.4 is 9.46 Å². The maximum absolute atomic E-state index is 12.5. The Kier molecular flexibility index (Phi) is 7.57. The molecule has 0 saturated carbocycles. The van der Waals surface area contributed by atoms with Gasteiger partial charge in [-0.2, -0.15) is 0 Å². The predicted octanol–water partition coefficient (Wildman–Crippen LogP) is 5.64. The largest absolute Gasteiger partial charge is 0.457 e. The highest BCUT2D eigenvalue weighted by molar-refractivity contribution is 7.92. The van der Waals surface area contributed by atoms with Gasteiger partial charge in [-0.05, 0) is 56.5 Å². The highest BCUT2D eigenvalue weighted by Gasteiger charge is 2.21.